The third kappa shape index (κ3) is 1.22. The molecule has 13 heavy (non-hydrogen) atoms. The molecule has 2 rings (SSSR count). The summed E-state index contributed by atoms with van der Waals surface area (Å²) in [4.78, 5) is 11.5. The van der Waals surface area contributed by atoms with Gasteiger partial charge < -0.3 is 5.73 Å². The number of anilines is 1. The number of fused-ring (bicyclic) bond motifs is 1. The van der Waals surface area contributed by atoms with E-state index in [-0.39, 0.29) is 5.78 Å². The first-order chi connectivity index (χ1) is 6.20. The van der Waals surface area contributed by atoms with E-state index in [2.05, 4.69) is 0 Å². The molecule has 68 valence electrons. The van der Waals surface area contributed by atoms with Gasteiger partial charge in [0, 0.05) is 17.7 Å². The van der Waals surface area contributed by atoms with Crippen molar-refractivity contribution in [3.8, 4) is 0 Å². The van der Waals surface area contributed by atoms with Crippen molar-refractivity contribution in [3.63, 3.8) is 0 Å². The summed E-state index contributed by atoms with van der Waals surface area (Å²) in [6.07, 6.45) is 2.57. The predicted octanol–water partition coefficient (Wildman–Crippen LogP) is 2.10. The summed E-state index contributed by atoms with van der Waals surface area (Å²) in [5.74, 6) is 0.243. The van der Waals surface area contributed by atoms with E-state index in [1.165, 1.54) is 0 Å². The van der Waals surface area contributed by atoms with Crippen LogP contribution in [0.1, 0.15) is 34.3 Å². The van der Waals surface area contributed by atoms with Crippen molar-refractivity contribution in [1.29, 1.82) is 0 Å². The highest BCUT2D eigenvalue weighted by atomic mass is 16.1. The van der Waals surface area contributed by atoms with Crippen molar-refractivity contribution in [2.45, 2.75) is 26.2 Å². The second kappa shape index (κ2) is 2.87. The van der Waals surface area contributed by atoms with Crippen LogP contribution in [0.2, 0.25) is 0 Å². The molecule has 0 unspecified atom stereocenters. The molecule has 2 N–H and O–H groups in total. The van der Waals surface area contributed by atoms with E-state index in [1.807, 2.05) is 19.1 Å². The molecule has 0 bridgehead atoms. The molecule has 0 saturated heterocycles. The molecule has 2 nitrogen and oxygen atoms in total. The van der Waals surface area contributed by atoms with Gasteiger partial charge in [0.1, 0.15) is 0 Å². The van der Waals surface area contributed by atoms with Gasteiger partial charge in [-0.1, -0.05) is 12.1 Å². The van der Waals surface area contributed by atoms with Crippen LogP contribution in [-0.4, -0.2) is 5.78 Å². The fourth-order valence-corrected chi connectivity index (χ4v) is 1.87. The molecule has 0 aliphatic heterocycles. The normalized spacial score (nSPS) is 15.6. The molecular formula is C11H13NO. The molecular weight excluding hydrogens is 162 g/mol. The van der Waals surface area contributed by atoms with Crippen LogP contribution in [0.3, 0.4) is 0 Å². The number of hydrogen-bond donors (Lipinski definition) is 1. The van der Waals surface area contributed by atoms with E-state index in [9.17, 15) is 4.79 Å². The first kappa shape index (κ1) is 8.30. The molecule has 0 aromatic heterocycles. The largest absolute Gasteiger partial charge is 0.398 e. The standard InChI is InChI=1S/C11H13NO/c1-7-5-6-8-9(11(7)12)3-2-4-10(8)13/h5-6H,2-4,12H2,1H3. The van der Waals surface area contributed by atoms with Gasteiger partial charge >= 0.3 is 0 Å². The Hall–Kier alpha value is -1.31. The molecule has 1 aromatic carbocycles. The number of hydrogen-bond acceptors (Lipinski definition) is 2. The number of aryl methyl sites for hydroxylation is 1. The summed E-state index contributed by atoms with van der Waals surface area (Å²) in [5.41, 5.74) is 9.71. The lowest BCUT2D eigenvalue weighted by Crippen LogP contribution is -2.13. The number of benzene rings is 1. The van der Waals surface area contributed by atoms with Gasteiger partial charge in [0.2, 0.25) is 0 Å². The zero-order chi connectivity index (χ0) is 9.42. The van der Waals surface area contributed by atoms with Gasteiger partial charge in [0.15, 0.2) is 5.78 Å². The number of rotatable bonds is 0. The second-order valence-corrected chi connectivity index (χ2v) is 3.60. The Morgan fingerprint density at radius 2 is 2.08 bits per heavy atom. The molecule has 1 aromatic rings. The van der Waals surface area contributed by atoms with Crippen LogP contribution in [0.25, 0.3) is 0 Å². The van der Waals surface area contributed by atoms with Gasteiger partial charge in [-0.05, 0) is 30.9 Å². The SMILES string of the molecule is Cc1ccc2c(c1N)CCCC2=O. The van der Waals surface area contributed by atoms with Crippen LogP contribution in [-0.2, 0) is 6.42 Å². The Morgan fingerprint density at radius 3 is 2.85 bits per heavy atom. The molecule has 0 radical (unpaired) electrons. The number of nitrogens with two attached hydrogens (primary N) is 1. The lowest BCUT2D eigenvalue weighted by Gasteiger charge is -2.17. The molecule has 0 saturated carbocycles. The topological polar surface area (TPSA) is 43.1 Å². The van der Waals surface area contributed by atoms with Crippen molar-refractivity contribution in [3.05, 3.63) is 28.8 Å². The molecule has 0 amide bonds. The zero-order valence-corrected chi connectivity index (χ0v) is 7.76. The van der Waals surface area contributed by atoms with Gasteiger partial charge in [-0.15, -0.1) is 0 Å². The maximum atomic E-state index is 11.5. The summed E-state index contributed by atoms with van der Waals surface area (Å²) >= 11 is 0. The van der Waals surface area contributed by atoms with Gasteiger partial charge in [-0.25, -0.2) is 0 Å². The third-order valence-corrected chi connectivity index (χ3v) is 2.71. The summed E-state index contributed by atoms with van der Waals surface area (Å²) in [6, 6.07) is 3.83. The third-order valence-electron chi connectivity index (χ3n) is 2.71. The van der Waals surface area contributed by atoms with E-state index in [0.29, 0.717) is 6.42 Å². The van der Waals surface area contributed by atoms with Crippen molar-refractivity contribution < 1.29 is 4.79 Å². The van der Waals surface area contributed by atoms with Crippen molar-refractivity contribution in [1.82, 2.24) is 0 Å². The van der Waals surface area contributed by atoms with Crippen molar-refractivity contribution in [2.75, 3.05) is 5.73 Å². The van der Waals surface area contributed by atoms with Crippen molar-refractivity contribution >= 4 is 11.5 Å². The molecule has 2 heteroatoms. The first-order valence-corrected chi connectivity index (χ1v) is 4.61. The first-order valence-electron chi connectivity index (χ1n) is 4.61. The lowest BCUT2D eigenvalue weighted by atomic mass is 9.88. The highest BCUT2D eigenvalue weighted by Crippen LogP contribution is 2.28. The van der Waals surface area contributed by atoms with Gasteiger partial charge in [-0.3, -0.25) is 4.79 Å². The maximum absolute atomic E-state index is 11.5. The molecule has 0 heterocycles. The van der Waals surface area contributed by atoms with Crippen LogP contribution in [0.4, 0.5) is 5.69 Å². The fraction of sp³-hybridized carbons (Fsp3) is 0.364. The Kier molecular flexibility index (Phi) is 1.83. The minimum atomic E-state index is 0.243. The Bertz CT molecular complexity index is 369. The Morgan fingerprint density at radius 1 is 1.31 bits per heavy atom. The number of carbonyl (C=O) groups excluding carboxylic acids is 1. The van der Waals surface area contributed by atoms with E-state index >= 15 is 0 Å². The van der Waals surface area contributed by atoms with Gasteiger partial charge in [0.25, 0.3) is 0 Å². The average Bonchev–Trinajstić information content (AvgIpc) is 2.12. The number of carbonyl (C=O) groups is 1. The predicted molar refractivity (Wildman–Crippen MR) is 52.9 cm³/mol. The van der Waals surface area contributed by atoms with Crippen LogP contribution >= 0.6 is 0 Å². The highest BCUT2D eigenvalue weighted by Gasteiger charge is 2.19. The molecule has 1 aliphatic carbocycles. The number of nitrogen functional groups attached to an aromatic ring is 1. The number of ketones is 1. The quantitative estimate of drug-likeness (QED) is 0.613. The zero-order valence-electron chi connectivity index (χ0n) is 7.76. The summed E-state index contributed by atoms with van der Waals surface area (Å²) in [7, 11) is 0. The fourth-order valence-electron chi connectivity index (χ4n) is 1.87. The molecule has 0 fully saturated rings. The van der Waals surface area contributed by atoms with Crippen LogP contribution in [0.5, 0.6) is 0 Å². The Labute approximate surface area is 77.8 Å². The minimum absolute atomic E-state index is 0.243. The Balaban J connectivity index is 2.63. The van der Waals surface area contributed by atoms with Crippen molar-refractivity contribution in [2.24, 2.45) is 0 Å². The van der Waals surface area contributed by atoms with Gasteiger partial charge in [0.05, 0.1) is 0 Å². The molecule has 0 atom stereocenters. The second-order valence-electron chi connectivity index (χ2n) is 3.60. The van der Waals surface area contributed by atoms with Crippen LogP contribution < -0.4 is 5.73 Å². The smallest absolute Gasteiger partial charge is 0.163 e. The molecule has 1 aliphatic rings. The minimum Gasteiger partial charge on any atom is -0.398 e. The monoisotopic (exact) mass is 175 g/mol. The summed E-state index contributed by atoms with van der Waals surface area (Å²) in [5, 5.41) is 0. The van der Waals surface area contributed by atoms with Crippen LogP contribution in [0, 0.1) is 6.92 Å². The number of Topliss-reactive ketones (excluding diaryl/α,β-unsaturated/α-hetero) is 1. The highest BCUT2D eigenvalue weighted by molar-refractivity contribution is 5.99. The van der Waals surface area contributed by atoms with Crippen LogP contribution in [0.15, 0.2) is 12.1 Å². The summed E-state index contributed by atoms with van der Waals surface area (Å²) in [6.45, 7) is 1.98. The van der Waals surface area contributed by atoms with E-state index in [1.54, 1.807) is 0 Å². The summed E-state index contributed by atoms with van der Waals surface area (Å²) < 4.78 is 0. The lowest BCUT2D eigenvalue weighted by molar-refractivity contribution is 0.0972. The average molecular weight is 175 g/mol. The van der Waals surface area contributed by atoms with E-state index in [4.69, 9.17) is 5.73 Å². The maximum Gasteiger partial charge on any atom is 0.163 e. The molecule has 0 spiro atoms. The van der Waals surface area contributed by atoms with E-state index < -0.39 is 0 Å². The van der Waals surface area contributed by atoms with Gasteiger partial charge in [-0.2, -0.15) is 0 Å². The van der Waals surface area contributed by atoms with E-state index in [0.717, 1.165) is 35.2 Å².